The molecule has 0 bridgehead atoms. The molecule has 0 radical (unpaired) electrons. The lowest BCUT2D eigenvalue weighted by Gasteiger charge is -2.18. The summed E-state index contributed by atoms with van der Waals surface area (Å²) in [6, 6.07) is 10.1. The van der Waals surface area contributed by atoms with Crippen LogP contribution >= 0.6 is 0 Å². The SMILES string of the molecule is COc1cc([C@@H](C)NC(=O)C2CC2(C)c2ccc(OC(F)(F)F)cc2)ccc1NS(C)(=O)=O. The van der Waals surface area contributed by atoms with Gasteiger partial charge in [-0.15, -0.1) is 13.2 Å². The predicted octanol–water partition coefficient (Wildman–Crippen LogP) is 4.12. The van der Waals surface area contributed by atoms with Gasteiger partial charge in [0.05, 0.1) is 25.1 Å². The van der Waals surface area contributed by atoms with Crippen molar-refractivity contribution >= 4 is 21.6 Å². The van der Waals surface area contributed by atoms with Gasteiger partial charge in [0, 0.05) is 11.3 Å². The molecular formula is C22H25F3N2O5S. The van der Waals surface area contributed by atoms with Gasteiger partial charge in [-0.1, -0.05) is 25.1 Å². The van der Waals surface area contributed by atoms with E-state index < -0.39 is 21.8 Å². The number of carbonyl (C=O) groups is 1. The number of halogens is 3. The predicted molar refractivity (Wildman–Crippen MR) is 117 cm³/mol. The Morgan fingerprint density at radius 3 is 2.36 bits per heavy atom. The number of alkyl halides is 3. The van der Waals surface area contributed by atoms with E-state index >= 15 is 0 Å². The standard InChI is InChI=1S/C22H25F3N2O5S/c1-13(14-5-10-18(19(11-14)31-3)27-33(4,29)30)26-20(28)17-12-21(17,2)15-6-8-16(9-7-15)32-22(23,24)25/h5-11,13,17,27H,12H2,1-4H3,(H,26,28)/t13-,17?,21?/m1/s1. The molecule has 33 heavy (non-hydrogen) atoms. The van der Waals surface area contributed by atoms with E-state index in [1.54, 1.807) is 25.1 Å². The molecule has 1 fully saturated rings. The van der Waals surface area contributed by atoms with Crippen molar-refractivity contribution in [2.75, 3.05) is 18.1 Å². The fourth-order valence-electron chi connectivity index (χ4n) is 3.76. The molecular weight excluding hydrogens is 461 g/mol. The topological polar surface area (TPSA) is 93.7 Å². The number of ether oxygens (including phenoxy) is 2. The number of benzene rings is 2. The van der Waals surface area contributed by atoms with Gasteiger partial charge in [-0.3, -0.25) is 9.52 Å². The third-order valence-electron chi connectivity index (χ3n) is 5.68. The number of hydrogen-bond donors (Lipinski definition) is 2. The fourth-order valence-corrected chi connectivity index (χ4v) is 4.33. The summed E-state index contributed by atoms with van der Waals surface area (Å²) in [5.41, 5.74) is 1.27. The van der Waals surface area contributed by atoms with Crippen LogP contribution in [0.4, 0.5) is 18.9 Å². The summed E-state index contributed by atoms with van der Waals surface area (Å²) in [6.45, 7) is 3.68. The summed E-state index contributed by atoms with van der Waals surface area (Å²) in [7, 11) is -2.07. The maximum absolute atomic E-state index is 12.8. The van der Waals surface area contributed by atoms with Crippen LogP contribution in [0.5, 0.6) is 11.5 Å². The monoisotopic (exact) mass is 486 g/mol. The van der Waals surface area contributed by atoms with E-state index in [0.29, 0.717) is 12.2 Å². The molecule has 1 saturated carbocycles. The van der Waals surface area contributed by atoms with Crippen molar-refractivity contribution < 1.29 is 35.9 Å². The molecule has 0 saturated heterocycles. The van der Waals surface area contributed by atoms with Gasteiger partial charge in [0.2, 0.25) is 15.9 Å². The molecule has 0 heterocycles. The molecule has 1 aliphatic rings. The molecule has 0 aliphatic heterocycles. The third-order valence-corrected chi connectivity index (χ3v) is 6.27. The smallest absolute Gasteiger partial charge is 0.495 e. The maximum atomic E-state index is 12.8. The van der Waals surface area contributed by atoms with E-state index in [-0.39, 0.29) is 29.3 Å². The quantitative estimate of drug-likeness (QED) is 0.586. The molecule has 3 atom stereocenters. The number of methoxy groups -OCH3 is 1. The molecule has 2 aromatic rings. The molecule has 180 valence electrons. The van der Waals surface area contributed by atoms with Gasteiger partial charge in [-0.2, -0.15) is 0 Å². The van der Waals surface area contributed by atoms with E-state index in [1.807, 2.05) is 6.92 Å². The molecule has 1 aliphatic carbocycles. The molecule has 2 N–H and O–H groups in total. The second-order valence-corrected chi connectivity index (χ2v) is 10.1. The summed E-state index contributed by atoms with van der Waals surface area (Å²) in [5, 5.41) is 2.94. The largest absolute Gasteiger partial charge is 0.573 e. The number of nitrogens with one attached hydrogen (secondary N) is 2. The second kappa shape index (κ2) is 8.77. The Bertz CT molecular complexity index is 1140. The molecule has 1 amide bonds. The zero-order chi connectivity index (χ0) is 24.6. The Balaban J connectivity index is 1.66. The molecule has 2 unspecified atom stereocenters. The first-order valence-corrected chi connectivity index (χ1v) is 11.9. The normalized spacial score (nSPS) is 21.1. The average molecular weight is 487 g/mol. The molecule has 2 aromatic carbocycles. The number of carbonyl (C=O) groups excluding carboxylic acids is 1. The minimum Gasteiger partial charge on any atom is -0.495 e. The highest BCUT2D eigenvalue weighted by atomic mass is 32.2. The van der Waals surface area contributed by atoms with Crippen LogP contribution in [0.25, 0.3) is 0 Å². The van der Waals surface area contributed by atoms with Crippen molar-refractivity contribution in [3.8, 4) is 11.5 Å². The first-order chi connectivity index (χ1) is 15.2. The number of amides is 1. The number of rotatable bonds is 8. The lowest BCUT2D eigenvalue weighted by atomic mass is 9.95. The van der Waals surface area contributed by atoms with Gasteiger partial charge in [0.1, 0.15) is 11.5 Å². The first kappa shape index (κ1) is 24.7. The van der Waals surface area contributed by atoms with Crippen molar-refractivity contribution in [1.29, 1.82) is 0 Å². The van der Waals surface area contributed by atoms with Crippen LogP contribution in [-0.2, 0) is 20.2 Å². The van der Waals surface area contributed by atoms with Crippen molar-refractivity contribution in [2.24, 2.45) is 5.92 Å². The fraction of sp³-hybridized carbons (Fsp3) is 0.409. The van der Waals surface area contributed by atoms with Crippen LogP contribution in [-0.4, -0.2) is 34.1 Å². The Morgan fingerprint density at radius 1 is 1.18 bits per heavy atom. The van der Waals surface area contributed by atoms with Crippen LogP contribution < -0.4 is 19.5 Å². The Hall–Kier alpha value is -2.95. The lowest BCUT2D eigenvalue weighted by Crippen LogP contribution is -2.30. The average Bonchev–Trinajstić information content (AvgIpc) is 3.39. The van der Waals surface area contributed by atoms with Crippen LogP contribution in [0.3, 0.4) is 0 Å². The van der Waals surface area contributed by atoms with E-state index in [4.69, 9.17) is 4.74 Å². The highest BCUT2D eigenvalue weighted by molar-refractivity contribution is 7.92. The van der Waals surface area contributed by atoms with Gasteiger partial charge in [-0.05, 0) is 48.7 Å². The minimum atomic E-state index is -4.76. The molecule has 11 heteroatoms. The van der Waals surface area contributed by atoms with E-state index in [1.165, 1.54) is 31.4 Å². The second-order valence-electron chi connectivity index (χ2n) is 8.31. The van der Waals surface area contributed by atoms with Gasteiger partial charge in [-0.25, -0.2) is 8.42 Å². The molecule has 0 aromatic heterocycles. The summed E-state index contributed by atoms with van der Waals surface area (Å²) >= 11 is 0. The molecule has 0 spiro atoms. The van der Waals surface area contributed by atoms with Gasteiger partial charge < -0.3 is 14.8 Å². The summed E-state index contributed by atoms with van der Waals surface area (Å²) in [6.07, 6.45) is -3.16. The van der Waals surface area contributed by atoms with Gasteiger partial charge in [0.25, 0.3) is 0 Å². The van der Waals surface area contributed by atoms with Crippen molar-refractivity contribution in [3.05, 3.63) is 53.6 Å². The van der Waals surface area contributed by atoms with Crippen LogP contribution in [0.1, 0.15) is 37.4 Å². The van der Waals surface area contributed by atoms with Gasteiger partial charge >= 0.3 is 6.36 Å². The summed E-state index contributed by atoms with van der Waals surface area (Å²) in [5.74, 6) is -0.510. The molecule has 3 rings (SSSR count). The number of anilines is 1. The van der Waals surface area contributed by atoms with Crippen molar-refractivity contribution in [3.63, 3.8) is 0 Å². The summed E-state index contributed by atoms with van der Waals surface area (Å²) < 4.78 is 71.5. The Labute approximate surface area is 190 Å². The van der Waals surface area contributed by atoms with Crippen LogP contribution in [0, 0.1) is 5.92 Å². The zero-order valence-electron chi connectivity index (χ0n) is 18.5. The number of sulfonamides is 1. The van der Waals surface area contributed by atoms with Crippen molar-refractivity contribution in [2.45, 2.75) is 38.1 Å². The zero-order valence-corrected chi connectivity index (χ0v) is 19.3. The van der Waals surface area contributed by atoms with Crippen LogP contribution in [0.15, 0.2) is 42.5 Å². The van der Waals surface area contributed by atoms with E-state index in [0.717, 1.165) is 17.4 Å². The Kier molecular flexibility index (Phi) is 6.56. The molecule has 7 nitrogen and oxygen atoms in total. The lowest BCUT2D eigenvalue weighted by molar-refractivity contribution is -0.274. The van der Waals surface area contributed by atoms with E-state index in [2.05, 4.69) is 14.8 Å². The minimum absolute atomic E-state index is 0.182. The number of hydrogen-bond acceptors (Lipinski definition) is 5. The van der Waals surface area contributed by atoms with Crippen molar-refractivity contribution in [1.82, 2.24) is 5.32 Å². The highest BCUT2D eigenvalue weighted by Gasteiger charge is 2.55. The Morgan fingerprint density at radius 2 is 1.82 bits per heavy atom. The summed E-state index contributed by atoms with van der Waals surface area (Å²) in [4.78, 5) is 12.8. The van der Waals surface area contributed by atoms with Gasteiger partial charge in [0.15, 0.2) is 0 Å². The van der Waals surface area contributed by atoms with Crippen LogP contribution in [0.2, 0.25) is 0 Å². The first-order valence-electron chi connectivity index (χ1n) is 10.0. The third kappa shape index (κ3) is 6.10. The highest BCUT2D eigenvalue weighted by Crippen LogP contribution is 2.54. The maximum Gasteiger partial charge on any atom is 0.573 e. The van der Waals surface area contributed by atoms with E-state index in [9.17, 15) is 26.4 Å².